The van der Waals surface area contributed by atoms with Crippen LogP contribution in [0.5, 0.6) is 5.75 Å². The molecule has 4 nitrogen and oxygen atoms in total. The molecular formula is C13H10O4. The zero-order valence-electron chi connectivity index (χ0n) is 8.97. The van der Waals surface area contributed by atoms with Crippen molar-refractivity contribution in [1.29, 1.82) is 0 Å². The smallest absolute Gasteiger partial charge is 0.339 e. The van der Waals surface area contributed by atoms with Crippen molar-refractivity contribution in [3.8, 4) is 16.9 Å². The summed E-state index contributed by atoms with van der Waals surface area (Å²) in [6, 6.07) is 6.95. The van der Waals surface area contributed by atoms with E-state index in [9.17, 15) is 4.79 Å². The van der Waals surface area contributed by atoms with E-state index < -0.39 is 5.97 Å². The van der Waals surface area contributed by atoms with Crippen molar-refractivity contribution >= 4 is 5.97 Å². The molecule has 0 unspecified atom stereocenters. The molecule has 1 aromatic carbocycles. The molecule has 0 fully saturated rings. The molecule has 2 heterocycles. The molecule has 0 bridgehead atoms. The van der Waals surface area contributed by atoms with E-state index in [1.165, 1.54) is 0 Å². The zero-order chi connectivity index (χ0) is 11.8. The van der Waals surface area contributed by atoms with E-state index in [1.54, 1.807) is 18.4 Å². The molecule has 1 aromatic heterocycles. The first-order valence-corrected chi connectivity index (χ1v) is 5.33. The number of rotatable bonds is 1. The summed E-state index contributed by atoms with van der Waals surface area (Å²) in [4.78, 5) is 11.1. The molecular weight excluding hydrogens is 220 g/mol. The van der Waals surface area contributed by atoms with E-state index in [4.69, 9.17) is 14.3 Å². The van der Waals surface area contributed by atoms with Crippen LogP contribution in [-0.2, 0) is 6.42 Å². The molecule has 1 aliphatic heterocycles. The normalized spacial score (nSPS) is 13.2. The minimum atomic E-state index is -0.978. The van der Waals surface area contributed by atoms with E-state index in [2.05, 4.69) is 0 Å². The molecule has 0 amide bonds. The molecule has 0 spiro atoms. The van der Waals surface area contributed by atoms with Gasteiger partial charge < -0.3 is 14.3 Å². The predicted octanol–water partition coefficient (Wildman–Crippen LogP) is 2.58. The summed E-state index contributed by atoms with van der Waals surface area (Å²) >= 11 is 0. The van der Waals surface area contributed by atoms with Crippen LogP contribution < -0.4 is 4.74 Å². The van der Waals surface area contributed by atoms with Crippen LogP contribution in [0.1, 0.15) is 16.1 Å². The molecule has 0 atom stereocenters. The lowest BCUT2D eigenvalue weighted by Gasteiger charge is -2.09. The van der Waals surface area contributed by atoms with Crippen molar-refractivity contribution in [3.63, 3.8) is 0 Å². The van der Waals surface area contributed by atoms with Crippen molar-refractivity contribution in [2.24, 2.45) is 0 Å². The van der Waals surface area contributed by atoms with Gasteiger partial charge in [-0.3, -0.25) is 0 Å². The average Bonchev–Trinajstić information content (AvgIpc) is 2.70. The number of para-hydroxylation sites is 1. The minimum Gasteiger partial charge on any atom is -0.492 e. The number of aromatic carboxylic acids is 1. The van der Waals surface area contributed by atoms with Crippen LogP contribution in [0.4, 0.5) is 0 Å². The van der Waals surface area contributed by atoms with E-state index in [1.807, 2.05) is 12.1 Å². The van der Waals surface area contributed by atoms with Crippen molar-refractivity contribution in [3.05, 3.63) is 41.9 Å². The van der Waals surface area contributed by atoms with Gasteiger partial charge in [-0.1, -0.05) is 12.1 Å². The molecule has 4 heteroatoms. The molecule has 0 saturated heterocycles. The summed E-state index contributed by atoms with van der Waals surface area (Å²) in [5, 5.41) is 9.13. The van der Waals surface area contributed by atoms with Crippen molar-refractivity contribution in [2.75, 3.05) is 6.61 Å². The topological polar surface area (TPSA) is 59.7 Å². The van der Waals surface area contributed by atoms with E-state index in [0.29, 0.717) is 18.8 Å². The number of hydrogen-bond donors (Lipinski definition) is 1. The van der Waals surface area contributed by atoms with Gasteiger partial charge in [0.2, 0.25) is 0 Å². The Morgan fingerprint density at radius 2 is 2.12 bits per heavy atom. The first-order chi connectivity index (χ1) is 8.27. The van der Waals surface area contributed by atoms with Crippen LogP contribution in [-0.4, -0.2) is 17.7 Å². The lowest BCUT2D eigenvalue weighted by atomic mass is 10.0. The molecule has 86 valence electrons. The van der Waals surface area contributed by atoms with Crippen LogP contribution in [0, 0.1) is 0 Å². The summed E-state index contributed by atoms with van der Waals surface area (Å²) in [6.07, 6.45) is 2.27. The Hall–Kier alpha value is -2.23. The number of benzene rings is 1. The molecule has 3 rings (SSSR count). The number of carboxylic acids is 1. The molecule has 1 N–H and O–H groups in total. The maximum Gasteiger partial charge on any atom is 0.339 e. The maximum atomic E-state index is 11.1. The SMILES string of the molecule is O=C(O)c1cccc2c1OCCc1occc1-2. The third-order valence-corrected chi connectivity index (χ3v) is 2.86. The number of carboxylic acid groups (broad SMARTS) is 1. The summed E-state index contributed by atoms with van der Waals surface area (Å²) in [7, 11) is 0. The van der Waals surface area contributed by atoms with Gasteiger partial charge in [0.1, 0.15) is 17.1 Å². The molecule has 0 saturated carbocycles. The second-order valence-corrected chi connectivity index (χ2v) is 3.84. The summed E-state index contributed by atoms with van der Waals surface area (Å²) in [6.45, 7) is 0.428. The number of hydrogen-bond acceptors (Lipinski definition) is 3. The van der Waals surface area contributed by atoms with Crippen LogP contribution in [0.15, 0.2) is 34.9 Å². The van der Waals surface area contributed by atoms with Gasteiger partial charge in [0.15, 0.2) is 0 Å². The van der Waals surface area contributed by atoms with Crippen LogP contribution in [0.3, 0.4) is 0 Å². The van der Waals surface area contributed by atoms with E-state index in [0.717, 1.165) is 16.9 Å². The number of fused-ring (bicyclic) bond motifs is 3. The van der Waals surface area contributed by atoms with Gasteiger partial charge in [-0.2, -0.15) is 0 Å². The standard InChI is InChI=1S/C13H10O4/c14-13(15)10-3-1-2-9-8-4-6-16-11(8)5-7-17-12(9)10/h1-4,6H,5,7H2,(H,14,15). The maximum absolute atomic E-state index is 11.1. The molecule has 0 radical (unpaired) electrons. The predicted molar refractivity (Wildman–Crippen MR) is 60.3 cm³/mol. The quantitative estimate of drug-likeness (QED) is 0.817. The van der Waals surface area contributed by atoms with Crippen LogP contribution in [0.2, 0.25) is 0 Å². The fraction of sp³-hybridized carbons (Fsp3) is 0.154. The molecule has 1 aliphatic rings. The Kier molecular flexibility index (Phi) is 2.14. The third kappa shape index (κ3) is 1.49. The number of carbonyl (C=O) groups is 1. The summed E-state index contributed by atoms with van der Waals surface area (Å²) in [5.74, 6) is 0.292. The Labute approximate surface area is 97.4 Å². The van der Waals surface area contributed by atoms with Gasteiger partial charge in [-0.25, -0.2) is 4.79 Å². The highest BCUT2D eigenvalue weighted by Gasteiger charge is 2.22. The molecule has 17 heavy (non-hydrogen) atoms. The Balaban J connectivity index is 2.27. The fourth-order valence-corrected chi connectivity index (χ4v) is 2.09. The zero-order valence-corrected chi connectivity index (χ0v) is 8.97. The third-order valence-electron chi connectivity index (χ3n) is 2.86. The average molecular weight is 230 g/mol. The van der Waals surface area contributed by atoms with Gasteiger partial charge in [-0.15, -0.1) is 0 Å². The van der Waals surface area contributed by atoms with Crippen molar-refractivity contribution in [1.82, 2.24) is 0 Å². The van der Waals surface area contributed by atoms with Crippen LogP contribution >= 0.6 is 0 Å². The Morgan fingerprint density at radius 1 is 1.24 bits per heavy atom. The van der Waals surface area contributed by atoms with Gasteiger partial charge >= 0.3 is 5.97 Å². The molecule has 2 aromatic rings. The van der Waals surface area contributed by atoms with Gasteiger partial charge in [-0.05, 0) is 12.1 Å². The first kappa shape index (κ1) is 9.96. The summed E-state index contributed by atoms with van der Waals surface area (Å²) in [5.41, 5.74) is 1.89. The van der Waals surface area contributed by atoms with E-state index >= 15 is 0 Å². The lowest BCUT2D eigenvalue weighted by molar-refractivity contribution is 0.0692. The first-order valence-electron chi connectivity index (χ1n) is 5.33. The Morgan fingerprint density at radius 3 is 2.94 bits per heavy atom. The largest absolute Gasteiger partial charge is 0.492 e. The number of furan rings is 1. The minimum absolute atomic E-state index is 0.191. The Bertz CT molecular complexity index is 583. The van der Waals surface area contributed by atoms with Gasteiger partial charge in [0, 0.05) is 17.5 Å². The second-order valence-electron chi connectivity index (χ2n) is 3.84. The van der Waals surface area contributed by atoms with Gasteiger partial charge in [0.05, 0.1) is 12.9 Å². The highest BCUT2D eigenvalue weighted by atomic mass is 16.5. The van der Waals surface area contributed by atoms with E-state index in [-0.39, 0.29) is 5.56 Å². The van der Waals surface area contributed by atoms with Gasteiger partial charge in [0.25, 0.3) is 0 Å². The fourth-order valence-electron chi connectivity index (χ4n) is 2.09. The molecule has 0 aliphatic carbocycles. The monoisotopic (exact) mass is 230 g/mol. The number of ether oxygens (including phenoxy) is 1. The van der Waals surface area contributed by atoms with Crippen LogP contribution in [0.25, 0.3) is 11.1 Å². The summed E-state index contributed by atoms with van der Waals surface area (Å²) < 4.78 is 10.9. The lowest BCUT2D eigenvalue weighted by Crippen LogP contribution is -2.04. The second kappa shape index (κ2) is 3.66. The highest BCUT2D eigenvalue weighted by Crippen LogP contribution is 2.38. The van der Waals surface area contributed by atoms with Crippen molar-refractivity contribution < 1.29 is 19.1 Å². The van der Waals surface area contributed by atoms with Crippen molar-refractivity contribution in [2.45, 2.75) is 6.42 Å². The highest BCUT2D eigenvalue weighted by molar-refractivity contribution is 5.94.